The van der Waals surface area contributed by atoms with Crippen molar-refractivity contribution in [2.24, 2.45) is 0 Å². The van der Waals surface area contributed by atoms with Crippen LogP contribution in [0.2, 0.25) is 5.02 Å². The van der Waals surface area contributed by atoms with E-state index in [1.165, 1.54) is 0 Å². The molecule has 190 valence electrons. The Hall–Kier alpha value is -3.77. The van der Waals surface area contributed by atoms with Gasteiger partial charge >= 0.3 is 0 Å². The largest absolute Gasteiger partial charge is 0.493 e. The van der Waals surface area contributed by atoms with Crippen molar-refractivity contribution in [3.8, 4) is 28.5 Å². The number of aryl methyl sites for hydroxylation is 1. The number of amides is 1. The molecule has 5 rings (SSSR count). The van der Waals surface area contributed by atoms with Gasteiger partial charge in [0.25, 0.3) is 5.91 Å². The van der Waals surface area contributed by atoms with Crippen LogP contribution >= 0.6 is 11.6 Å². The van der Waals surface area contributed by atoms with Crippen LogP contribution in [0.1, 0.15) is 34.3 Å². The Morgan fingerprint density at radius 3 is 2.38 bits per heavy atom. The molecule has 1 fully saturated rings. The Morgan fingerprint density at radius 1 is 0.973 bits per heavy atom. The van der Waals surface area contributed by atoms with E-state index < -0.39 is 0 Å². The molecule has 6 nitrogen and oxygen atoms in total. The van der Waals surface area contributed by atoms with E-state index in [0.29, 0.717) is 34.4 Å². The molecular weight excluding hydrogens is 488 g/mol. The second-order valence-corrected chi connectivity index (χ2v) is 9.63. The first-order chi connectivity index (χ1) is 17.9. The third kappa shape index (κ3) is 4.81. The normalized spacial score (nSPS) is 12.9. The molecule has 0 N–H and O–H groups in total. The fourth-order valence-electron chi connectivity index (χ4n) is 4.75. The topological polar surface area (TPSA) is 60.9 Å². The molecule has 0 unspecified atom stereocenters. The maximum atomic E-state index is 13.7. The van der Waals surface area contributed by atoms with Gasteiger partial charge in [0.05, 0.1) is 32.5 Å². The Labute approximate surface area is 221 Å². The molecule has 0 bridgehead atoms. The van der Waals surface area contributed by atoms with Crippen molar-refractivity contribution in [1.29, 1.82) is 0 Å². The Balaban J connectivity index is 1.70. The van der Waals surface area contributed by atoms with E-state index in [-0.39, 0.29) is 11.9 Å². The summed E-state index contributed by atoms with van der Waals surface area (Å²) in [6.45, 7) is 2.47. The number of carbonyl (C=O) groups is 1. The molecule has 1 amide bonds. The lowest BCUT2D eigenvalue weighted by Crippen LogP contribution is -2.33. The van der Waals surface area contributed by atoms with Gasteiger partial charge in [-0.25, -0.2) is 4.98 Å². The first-order valence-electron chi connectivity index (χ1n) is 12.2. The number of ether oxygens (including phenoxy) is 3. The van der Waals surface area contributed by atoms with E-state index in [2.05, 4.69) is 25.1 Å². The van der Waals surface area contributed by atoms with E-state index in [1.807, 2.05) is 35.2 Å². The molecule has 0 spiro atoms. The monoisotopic (exact) mass is 516 g/mol. The number of carbonyl (C=O) groups excluding carboxylic acids is 1. The van der Waals surface area contributed by atoms with E-state index in [1.54, 1.807) is 33.5 Å². The second kappa shape index (κ2) is 10.3. The lowest BCUT2D eigenvalue weighted by Gasteiger charge is -2.25. The average molecular weight is 517 g/mol. The van der Waals surface area contributed by atoms with Crippen molar-refractivity contribution < 1.29 is 19.0 Å². The maximum absolute atomic E-state index is 13.7. The lowest BCUT2D eigenvalue weighted by molar-refractivity contribution is 0.0730. The number of pyridine rings is 1. The van der Waals surface area contributed by atoms with Crippen molar-refractivity contribution in [1.82, 2.24) is 9.88 Å². The predicted molar refractivity (Wildman–Crippen MR) is 146 cm³/mol. The third-order valence-electron chi connectivity index (χ3n) is 6.76. The van der Waals surface area contributed by atoms with Gasteiger partial charge in [0.2, 0.25) is 5.75 Å². The molecule has 0 atom stereocenters. The zero-order chi connectivity index (χ0) is 26.1. The molecule has 3 aromatic carbocycles. The van der Waals surface area contributed by atoms with Crippen LogP contribution in [0.5, 0.6) is 17.2 Å². The first kappa shape index (κ1) is 24.9. The number of methoxy groups -OCH3 is 3. The number of fused-ring (bicyclic) bond motifs is 1. The number of benzene rings is 3. The van der Waals surface area contributed by atoms with E-state index in [0.717, 1.165) is 46.1 Å². The standard InChI is InChI=1S/C30H29ClN2O4/c1-18-8-5-6-11-23(18)27-20(15-24-25(32-27)16-26(35-2)29(37-4)28(24)36-3)17-33(22-12-13-22)30(34)19-9-7-10-21(31)14-19/h5-11,14-16,22H,12-13,17H2,1-4H3. The van der Waals surface area contributed by atoms with Gasteiger partial charge in [0.15, 0.2) is 11.5 Å². The Morgan fingerprint density at radius 2 is 1.73 bits per heavy atom. The highest BCUT2D eigenvalue weighted by Gasteiger charge is 2.34. The summed E-state index contributed by atoms with van der Waals surface area (Å²) in [6.07, 6.45) is 1.95. The van der Waals surface area contributed by atoms with Crippen LogP contribution in [-0.4, -0.2) is 43.2 Å². The Kier molecular flexibility index (Phi) is 6.94. The molecule has 1 aromatic heterocycles. The van der Waals surface area contributed by atoms with Crippen LogP contribution in [-0.2, 0) is 6.54 Å². The molecular formula is C30H29ClN2O4. The zero-order valence-electron chi connectivity index (χ0n) is 21.4. The number of hydrogen-bond acceptors (Lipinski definition) is 5. The number of nitrogens with zero attached hydrogens (tertiary/aromatic N) is 2. The van der Waals surface area contributed by atoms with Gasteiger partial charge in [-0.05, 0) is 55.2 Å². The fraction of sp³-hybridized carbons (Fsp3) is 0.267. The van der Waals surface area contributed by atoms with Gasteiger partial charge < -0.3 is 19.1 Å². The number of aromatic nitrogens is 1. The molecule has 1 saturated carbocycles. The van der Waals surface area contributed by atoms with Crippen LogP contribution in [0.3, 0.4) is 0 Å². The number of hydrogen-bond donors (Lipinski definition) is 0. The molecule has 4 aromatic rings. The summed E-state index contributed by atoms with van der Waals surface area (Å²) in [5.74, 6) is 1.54. The molecule has 7 heteroatoms. The first-order valence-corrected chi connectivity index (χ1v) is 12.6. The number of rotatable bonds is 8. The van der Waals surface area contributed by atoms with Crippen molar-refractivity contribution >= 4 is 28.4 Å². The van der Waals surface area contributed by atoms with Crippen LogP contribution in [0.15, 0.2) is 60.7 Å². The van der Waals surface area contributed by atoms with E-state index >= 15 is 0 Å². The lowest BCUT2D eigenvalue weighted by atomic mass is 9.98. The minimum Gasteiger partial charge on any atom is -0.493 e. The molecule has 1 aliphatic rings. The highest BCUT2D eigenvalue weighted by atomic mass is 35.5. The van der Waals surface area contributed by atoms with Crippen LogP contribution in [0.25, 0.3) is 22.2 Å². The van der Waals surface area contributed by atoms with Gasteiger partial charge in [-0.1, -0.05) is 41.9 Å². The molecule has 1 aliphatic carbocycles. The summed E-state index contributed by atoms with van der Waals surface area (Å²) >= 11 is 6.21. The highest BCUT2D eigenvalue weighted by molar-refractivity contribution is 6.31. The van der Waals surface area contributed by atoms with Gasteiger partial charge in [-0.15, -0.1) is 0 Å². The van der Waals surface area contributed by atoms with Gasteiger partial charge in [0.1, 0.15) is 0 Å². The minimum absolute atomic E-state index is 0.0416. The molecule has 1 heterocycles. The SMILES string of the molecule is COc1cc2nc(-c3ccccc3C)c(CN(C(=O)c3cccc(Cl)c3)C3CC3)cc2c(OC)c1OC. The van der Waals surface area contributed by atoms with Crippen molar-refractivity contribution in [3.63, 3.8) is 0 Å². The van der Waals surface area contributed by atoms with Crippen LogP contribution in [0.4, 0.5) is 0 Å². The molecule has 37 heavy (non-hydrogen) atoms. The summed E-state index contributed by atoms with van der Waals surface area (Å²) in [5, 5.41) is 1.33. The predicted octanol–water partition coefficient (Wildman–Crippen LogP) is 6.69. The van der Waals surface area contributed by atoms with Gasteiger partial charge in [-0.3, -0.25) is 4.79 Å². The average Bonchev–Trinajstić information content (AvgIpc) is 3.75. The Bertz CT molecular complexity index is 1480. The van der Waals surface area contributed by atoms with Crippen LogP contribution in [0, 0.1) is 6.92 Å². The molecule has 0 aliphatic heterocycles. The summed E-state index contributed by atoms with van der Waals surface area (Å²) in [5.41, 5.74) is 5.16. The maximum Gasteiger partial charge on any atom is 0.254 e. The third-order valence-corrected chi connectivity index (χ3v) is 7.00. The molecule has 0 saturated heterocycles. The van der Waals surface area contributed by atoms with E-state index in [9.17, 15) is 4.79 Å². The smallest absolute Gasteiger partial charge is 0.254 e. The van der Waals surface area contributed by atoms with Crippen molar-refractivity contribution in [2.45, 2.75) is 32.4 Å². The fourth-order valence-corrected chi connectivity index (χ4v) is 4.94. The van der Waals surface area contributed by atoms with Gasteiger partial charge in [-0.2, -0.15) is 0 Å². The second-order valence-electron chi connectivity index (χ2n) is 9.20. The van der Waals surface area contributed by atoms with Crippen LogP contribution < -0.4 is 14.2 Å². The summed E-state index contributed by atoms with van der Waals surface area (Å²) in [6, 6.07) is 19.4. The molecule has 0 radical (unpaired) electrons. The quantitative estimate of drug-likeness (QED) is 0.261. The number of halogens is 1. The summed E-state index contributed by atoms with van der Waals surface area (Å²) < 4.78 is 17.0. The van der Waals surface area contributed by atoms with Crippen molar-refractivity contribution in [3.05, 3.63) is 82.4 Å². The highest BCUT2D eigenvalue weighted by Crippen LogP contribution is 2.44. The van der Waals surface area contributed by atoms with E-state index in [4.69, 9.17) is 30.8 Å². The van der Waals surface area contributed by atoms with Gasteiger partial charge in [0, 0.05) is 40.2 Å². The summed E-state index contributed by atoms with van der Waals surface area (Å²) in [7, 11) is 4.78. The minimum atomic E-state index is -0.0416. The zero-order valence-corrected chi connectivity index (χ0v) is 22.1. The summed E-state index contributed by atoms with van der Waals surface area (Å²) in [4.78, 5) is 20.7. The van der Waals surface area contributed by atoms with Crippen molar-refractivity contribution in [2.75, 3.05) is 21.3 Å².